The molecule has 0 radical (unpaired) electrons. The molecule has 22 heavy (non-hydrogen) atoms. The number of carbonyl (C=O) groups is 1. The summed E-state index contributed by atoms with van der Waals surface area (Å²) >= 11 is 0. The highest BCUT2D eigenvalue weighted by Gasteiger charge is 2.26. The van der Waals surface area contributed by atoms with Crippen LogP contribution in [0.25, 0.3) is 0 Å². The van der Waals surface area contributed by atoms with Gasteiger partial charge in [-0.2, -0.15) is 0 Å². The number of rotatable bonds is 4. The molecular weight excluding hydrogens is 282 g/mol. The monoisotopic (exact) mass is 303 g/mol. The SMILES string of the molecule is O=C1CCc2cc([N+](=O)[O-])ccc2N1CCN1CCCCC1. The van der Waals surface area contributed by atoms with E-state index in [0.29, 0.717) is 19.4 Å². The van der Waals surface area contributed by atoms with Crippen molar-refractivity contribution in [3.63, 3.8) is 0 Å². The molecule has 2 aliphatic heterocycles. The van der Waals surface area contributed by atoms with Crippen LogP contribution in [0.2, 0.25) is 0 Å². The van der Waals surface area contributed by atoms with E-state index in [1.807, 2.05) is 0 Å². The fourth-order valence-electron chi connectivity index (χ4n) is 3.33. The third-order valence-electron chi connectivity index (χ3n) is 4.56. The zero-order valence-electron chi connectivity index (χ0n) is 12.7. The fraction of sp³-hybridized carbons (Fsp3) is 0.562. The minimum Gasteiger partial charge on any atom is -0.311 e. The van der Waals surface area contributed by atoms with Gasteiger partial charge in [0.1, 0.15) is 0 Å². The maximum Gasteiger partial charge on any atom is 0.269 e. The van der Waals surface area contributed by atoms with E-state index in [1.165, 1.54) is 25.3 Å². The van der Waals surface area contributed by atoms with Crippen LogP contribution < -0.4 is 4.90 Å². The minimum atomic E-state index is -0.380. The lowest BCUT2D eigenvalue weighted by Gasteiger charge is -2.33. The highest BCUT2D eigenvalue weighted by Crippen LogP contribution is 2.31. The standard InChI is InChI=1S/C16H21N3O3/c20-16-7-4-13-12-14(19(21)22)5-6-15(13)18(16)11-10-17-8-2-1-3-9-17/h5-6,12H,1-4,7-11H2. The predicted octanol–water partition coefficient (Wildman–Crippen LogP) is 2.36. The molecule has 2 aliphatic rings. The Kier molecular flexibility index (Phi) is 4.38. The molecule has 1 aromatic carbocycles. The number of likely N-dealkylation sites (tertiary alicyclic amines) is 1. The van der Waals surface area contributed by atoms with E-state index >= 15 is 0 Å². The van der Waals surface area contributed by atoms with Gasteiger partial charge in [0, 0.05) is 37.3 Å². The van der Waals surface area contributed by atoms with E-state index in [-0.39, 0.29) is 16.5 Å². The van der Waals surface area contributed by atoms with Gasteiger partial charge < -0.3 is 9.80 Å². The largest absolute Gasteiger partial charge is 0.311 e. The summed E-state index contributed by atoms with van der Waals surface area (Å²) in [6.07, 6.45) is 4.79. The van der Waals surface area contributed by atoms with Gasteiger partial charge in [-0.15, -0.1) is 0 Å². The molecule has 0 aromatic heterocycles. The molecule has 6 nitrogen and oxygen atoms in total. The van der Waals surface area contributed by atoms with E-state index in [0.717, 1.165) is 30.9 Å². The zero-order chi connectivity index (χ0) is 15.5. The summed E-state index contributed by atoms with van der Waals surface area (Å²) in [5.74, 6) is 0.123. The summed E-state index contributed by atoms with van der Waals surface area (Å²) < 4.78 is 0. The summed E-state index contributed by atoms with van der Waals surface area (Å²) in [4.78, 5) is 26.9. The molecular formula is C16H21N3O3. The summed E-state index contributed by atoms with van der Waals surface area (Å²) in [7, 11) is 0. The van der Waals surface area contributed by atoms with Crippen LogP contribution in [-0.2, 0) is 11.2 Å². The topological polar surface area (TPSA) is 66.7 Å². The van der Waals surface area contributed by atoms with Crippen molar-refractivity contribution in [2.75, 3.05) is 31.1 Å². The second kappa shape index (κ2) is 6.44. The number of anilines is 1. The van der Waals surface area contributed by atoms with Gasteiger partial charge in [0.2, 0.25) is 5.91 Å². The lowest BCUT2D eigenvalue weighted by atomic mass is 10.0. The number of fused-ring (bicyclic) bond motifs is 1. The third kappa shape index (κ3) is 3.11. The normalized spacial score (nSPS) is 19.1. The molecule has 0 bridgehead atoms. The Hall–Kier alpha value is -1.95. The highest BCUT2D eigenvalue weighted by molar-refractivity contribution is 5.96. The smallest absolute Gasteiger partial charge is 0.269 e. The highest BCUT2D eigenvalue weighted by atomic mass is 16.6. The first-order valence-corrected chi connectivity index (χ1v) is 7.95. The van der Waals surface area contributed by atoms with Crippen LogP contribution in [-0.4, -0.2) is 41.9 Å². The van der Waals surface area contributed by atoms with Crippen LogP contribution in [0.5, 0.6) is 0 Å². The van der Waals surface area contributed by atoms with Gasteiger partial charge in [0.15, 0.2) is 0 Å². The quantitative estimate of drug-likeness (QED) is 0.632. The minimum absolute atomic E-state index is 0.101. The molecule has 0 unspecified atom stereocenters. The predicted molar refractivity (Wildman–Crippen MR) is 84.1 cm³/mol. The Labute approximate surface area is 129 Å². The molecule has 1 amide bonds. The van der Waals surface area contributed by atoms with E-state index in [2.05, 4.69) is 4.90 Å². The lowest BCUT2D eigenvalue weighted by molar-refractivity contribution is -0.384. The average molecular weight is 303 g/mol. The molecule has 0 spiro atoms. The van der Waals surface area contributed by atoms with E-state index in [9.17, 15) is 14.9 Å². The summed E-state index contributed by atoms with van der Waals surface area (Å²) in [6, 6.07) is 4.82. The average Bonchev–Trinajstić information content (AvgIpc) is 2.54. The molecule has 1 aromatic rings. The molecule has 6 heteroatoms. The molecule has 1 fully saturated rings. The third-order valence-corrected chi connectivity index (χ3v) is 4.56. The van der Waals surface area contributed by atoms with Crippen molar-refractivity contribution in [3.05, 3.63) is 33.9 Å². The van der Waals surface area contributed by atoms with Crippen molar-refractivity contribution in [1.29, 1.82) is 0 Å². The van der Waals surface area contributed by atoms with Crippen molar-refractivity contribution < 1.29 is 9.72 Å². The van der Waals surface area contributed by atoms with E-state index in [4.69, 9.17) is 0 Å². The Bertz CT molecular complexity index is 582. The summed E-state index contributed by atoms with van der Waals surface area (Å²) in [5.41, 5.74) is 1.86. The Morgan fingerprint density at radius 3 is 2.59 bits per heavy atom. The molecule has 0 aliphatic carbocycles. The van der Waals surface area contributed by atoms with Crippen LogP contribution in [0.1, 0.15) is 31.2 Å². The Balaban J connectivity index is 1.74. The number of aryl methyl sites for hydroxylation is 1. The van der Waals surface area contributed by atoms with Gasteiger partial charge in [0.05, 0.1) is 4.92 Å². The van der Waals surface area contributed by atoms with E-state index in [1.54, 1.807) is 17.0 Å². The molecule has 3 rings (SSSR count). The van der Waals surface area contributed by atoms with Crippen LogP contribution in [0.3, 0.4) is 0 Å². The fourth-order valence-corrected chi connectivity index (χ4v) is 3.33. The number of carbonyl (C=O) groups excluding carboxylic acids is 1. The van der Waals surface area contributed by atoms with Gasteiger partial charge >= 0.3 is 0 Å². The van der Waals surface area contributed by atoms with Crippen LogP contribution in [0.15, 0.2) is 18.2 Å². The Morgan fingerprint density at radius 2 is 1.86 bits per heavy atom. The van der Waals surface area contributed by atoms with Gasteiger partial charge in [0.25, 0.3) is 5.69 Å². The van der Waals surface area contributed by atoms with Crippen LogP contribution in [0, 0.1) is 10.1 Å². The number of hydrogen-bond acceptors (Lipinski definition) is 4. The van der Waals surface area contributed by atoms with Crippen molar-refractivity contribution in [1.82, 2.24) is 4.90 Å². The number of non-ortho nitro benzene ring substituents is 1. The number of nitro benzene ring substituents is 1. The lowest BCUT2D eigenvalue weighted by Crippen LogP contribution is -2.42. The number of amides is 1. The second-order valence-corrected chi connectivity index (χ2v) is 6.02. The molecule has 0 atom stereocenters. The first-order valence-electron chi connectivity index (χ1n) is 7.95. The number of hydrogen-bond donors (Lipinski definition) is 0. The number of nitro groups is 1. The zero-order valence-corrected chi connectivity index (χ0v) is 12.7. The summed E-state index contributed by atoms with van der Waals surface area (Å²) in [5, 5.41) is 10.9. The molecule has 118 valence electrons. The van der Waals surface area contributed by atoms with Crippen molar-refractivity contribution >= 4 is 17.3 Å². The van der Waals surface area contributed by atoms with Crippen molar-refractivity contribution in [2.24, 2.45) is 0 Å². The van der Waals surface area contributed by atoms with Gasteiger partial charge in [-0.05, 0) is 44.0 Å². The van der Waals surface area contributed by atoms with Crippen molar-refractivity contribution in [2.45, 2.75) is 32.1 Å². The van der Waals surface area contributed by atoms with Crippen LogP contribution in [0.4, 0.5) is 11.4 Å². The van der Waals surface area contributed by atoms with Gasteiger partial charge in [-0.1, -0.05) is 6.42 Å². The molecule has 1 saturated heterocycles. The second-order valence-electron chi connectivity index (χ2n) is 6.02. The number of benzene rings is 1. The number of piperidine rings is 1. The van der Waals surface area contributed by atoms with Gasteiger partial charge in [-0.25, -0.2) is 0 Å². The summed E-state index contributed by atoms with van der Waals surface area (Å²) in [6.45, 7) is 3.76. The van der Waals surface area contributed by atoms with Crippen molar-refractivity contribution in [3.8, 4) is 0 Å². The Morgan fingerprint density at radius 1 is 1.09 bits per heavy atom. The molecule has 0 saturated carbocycles. The first-order chi connectivity index (χ1) is 10.6. The van der Waals surface area contributed by atoms with E-state index < -0.39 is 0 Å². The number of nitrogens with zero attached hydrogens (tertiary/aromatic N) is 3. The van der Waals surface area contributed by atoms with Crippen LogP contribution >= 0.6 is 0 Å². The molecule has 2 heterocycles. The maximum atomic E-state index is 12.2. The first kappa shape index (κ1) is 15.0. The molecule has 0 N–H and O–H groups in total. The maximum absolute atomic E-state index is 12.2. The van der Waals surface area contributed by atoms with Gasteiger partial charge in [-0.3, -0.25) is 14.9 Å².